The van der Waals surface area contributed by atoms with Gasteiger partial charge in [0.2, 0.25) is 0 Å². The molecule has 0 spiro atoms. The Morgan fingerprint density at radius 3 is 3.41 bits per heavy atom. The van der Waals surface area contributed by atoms with E-state index in [1.54, 1.807) is 11.3 Å². The van der Waals surface area contributed by atoms with Crippen molar-refractivity contribution in [1.82, 2.24) is 14.9 Å². The van der Waals surface area contributed by atoms with Gasteiger partial charge in [-0.15, -0.1) is 0 Å². The molecule has 0 saturated heterocycles. The monoisotopic (exact) mass is 247 g/mol. The number of nitrogens with one attached hydrogen (secondary N) is 1. The molecule has 1 N–H and O–H groups in total. The van der Waals surface area contributed by atoms with Crippen LogP contribution in [0.15, 0.2) is 29.2 Å². The first kappa shape index (κ1) is 11.0. The van der Waals surface area contributed by atoms with Crippen LogP contribution in [-0.4, -0.2) is 16.1 Å². The molecule has 0 aliphatic carbocycles. The molecule has 0 saturated carbocycles. The number of rotatable bonds is 4. The summed E-state index contributed by atoms with van der Waals surface area (Å²) in [6, 6.07) is 2.18. The number of aromatic nitrogens is 2. The van der Waals surface area contributed by atoms with Crippen molar-refractivity contribution in [1.29, 1.82) is 0 Å². The molecule has 90 valence electrons. The third-order valence-electron chi connectivity index (χ3n) is 3.36. The maximum absolute atomic E-state index is 4.48. The zero-order valence-electron chi connectivity index (χ0n) is 9.80. The normalized spacial score (nSPS) is 19.2. The van der Waals surface area contributed by atoms with Crippen LogP contribution in [0, 0.1) is 0 Å². The van der Waals surface area contributed by atoms with Gasteiger partial charge in [0, 0.05) is 37.9 Å². The molecule has 0 aromatic carbocycles. The molecular weight excluding hydrogens is 230 g/mol. The molecule has 1 atom stereocenters. The minimum atomic E-state index is 0.581. The third-order valence-corrected chi connectivity index (χ3v) is 4.10. The predicted molar refractivity (Wildman–Crippen MR) is 70.2 cm³/mol. The second-order valence-corrected chi connectivity index (χ2v) is 5.36. The molecule has 0 fully saturated rings. The lowest BCUT2D eigenvalue weighted by atomic mass is 9.99. The van der Waals surface area contributed by atoms with Crippen LogP contribution in [0.2, 0.25) is 0 Å². The van der Waals surface area contributed by atoms with Gasteiger partial charge in [-0.05, 0) is 35.2 Å². The Morgan fingerprint density at radius 1 is 1.53 bits per heavy atom. The van der Waals surface area contributed by atoms with Gasteiger partial charge in [-0.2, -0.15) is 11.3 Å². The van der Waals surface area contributed by atoms with Gasteiger partial charge < -0.3 is 9.88 Å². The summed E-state index contributed by atoms with van der Waals surface area (Å²) in [5.74, 6) is 1.84. The summed E-state index contributed by atoms with van der Waals surface area (Å²) in [5.41, 5.74) is 1.38. The van der Waals surface area contributed by atoms with Crippen LogP contribution in [0.5, 0.6) is 0 Å². The molecule has 17 heavy (non-hydrogen) atoms. The van der Waals surface area contributed by atoms with Crippen LogP contribution in [0.4, 0.5) is 0 Å². The van der Waals surface area contributed by atoms with Crippen LogP contribution in [-0.2, 0) is 13.1 Å². The van der Waals surface area contributed by atoms with Crippen molar-refractivity contribution in [3.05, 3.63) is 40.6 Å². The second-order valence-electron chi connectivity index (χ2n) is 4.58. The Labute approximate surface area is 106 Å². The molecule has 4 heteroatoms. The minimum Gasteiger partial charge on any atom is -0.335 e. The number of nitrogens with zero attached hydrogens (tertiary/aromatic N) is 2. The molecule has 0 amide bonds. The number of imidazole rings is 1. The van der Waals surface area contributed by atoms with Crippen LogP contribution in [0.1, 0.15) is 30.1 Å². The van der Waals surface area contributed by atoms with Crippen LogP contribution >= 0.6 is 11.3 Å². The molecule has 3 nitrogen and oxygen atoms in total. The van der Waals surface area contributed by atoms with Crippen molar-refractivity contribution in [3.63, 3.8) is 0 Å². The van der Waals surface area contributed by atoms with E-state index in [9.17, 15) is 0 Å². The quantitative estimate of drug-likeness (QED) is 0.900. The standard InChI is InChI=1S/C13H17N3S/c1-2-12(13-15-4-6-16(13)5-1)9-14-8-11-3-7-17-10-11/h3-4,6-7,10,12,14H,1-2,5,8-9H2. The first-order chi connectivity index (χ1) is 8.43. The summed E-state index contributed by atoms with van der Waals surface area (Å²) in [6.45, 7) is 3.14. The zero-order valence-corrected chi connectivity index (χ0v) is 10.6. The van der Waals surface area contributed by atoms with Crippen molar-refractivity contribution in [3.8, 4) is 0 Å². The van der Waals surface area contributed by atoms with Crippen molar-refractivity contribution in [2.24, 2.45) is 0 Å². The second kappa shape index (κ2) is 5.02. The van der Waals surface area contributed by atoms with Crippen molar-refractivity contribution in [2.75, 3.05) is 6.54 Å². The largest absolute Gasteiger partial charge is 0.335 e. The lowest BCUT2D eigenvalue weighted by molar-refractivity contribution is 0.423. The van der Waals surface area contributed by atoms with E-state index in [0.29, 0.717) is 5.92 Å². The highest BCUT2D eigenvalue weighted by Gasteiger charge is 2.20. The fourth-order valence-electron chi connectivity index (χ4n) is 2.48. The summed E-state index contributed by atoms with van der Waals surface area (Å²) in [5, 5.41) is 7.87. The molecule has 1 aliphatic heterocycles. The Morgan fingerprint density at radius 2 is 2.53 bits per heavy atom. The summed E-state index contributed by atoms with van der Waals surface area (Å²) in [4.78, 5) is 4.48. The third kappa shape index (κ3) is 2.42. The smallest absolute Gasteiger partial charge is 0.113 e. The number of hydrogen-bond donors (Lipinski definition) is 1. The molecule has 3 rings (SSSR count). The van der Waals surface area contributed by atoms with Gasteiger partial charge in [0.05, 0.1) is 0 Å². The fourth-order valence-corrected chi connectivity index (χ4v) is 3.15. The first-order valence-electron chi connectivity index (χ1n) is 6.16. The molecule has 1 aliphatic rings. The average Bonchev–Trinajstić information content (AvgIpc) is 2.99. The van der Waals surface area contributed by atoms with E-state index >= 15 is 0 Å². The highest BCUT2D eigenvalue weighted by atomic mass is 32.1. The number of thiophene rings is 1. The lowest BCUT2D eigenvalue weighted by Crippen LogP contribution is -2.26. The number of fused-ring (bicyclic) bond motifs is 1. The highest BCUT2D eigenvalue weighted by molar-refractivity contribution is 7.07. The predicted octanol–water partition coefficient (Wildman–Crippen LogP) is 2.61. The van der Waals surface area contributed by atoms with Gasteiger partial charge in [-0.1, -0.05) is 0 Å². The summed E-state index contributed by atoms with van der Waals surface area (Å²) >= 11 is 1.76. The number of aryl methyl sites for hydroxylation is 1. The molecule has 0 bridgehead atoms. The minimum absolute atomic E-state index is 0.581. The summed E-state index contributed by atoms with van der Waals surface area (Å²) < 4.78 is 2.29. The van der Waals surface area contributed by atoms with Crippen LogP contribution < -0.4 is 5.32 Å². The Bertz CT molecular complexity index is 461. The highest BCUT2D eigenvalue weighted by Crippen LogP contribution is 2.24. The zero-order chi connectivity index (χ0) is 11.5. The van der Waals surface area contributed by atoms with Crippen LogP contribution in [0.3, 0.4) is 0 Å². The van der Waals surface area contributed by atoms with Gasteiger partial charge in [-0.3, -0.25) is 0 Å². The molecular formula is C13H17N3S. The van der Waals surface area contributed by atoms with Crippen LogP contribution in [0.25, 0.3) is 0 Å². The van der Waals surface area contributed by atoms with E-state index in [4.69, 9.17) is 0 Å². The molecule has 2 aromatic rings. The van der Waals surface area contributed by atoms with Crippen molar-refractivity contribution < 1.29 is 0 Å². The summed E-state index contributed by atoms with van der Waals surface area (Å²) in [7, 11) is 0. The number of hydrogen-bond acceptors (Lipinski definition) is 3. The van der Waals surface area contributed by atoms with E-state index in [2.05, 4.69) is 37.9 Å². The Kier molecular flexibility index (Phi) is 3.25. The van der Waals surface area contributed by atoms with E-state index in [0.717, 1.165) is 19.6 Å². The molecule has 2 aromatic heterocycles. The average molecular weight is 247 g/mol. The van der Waals surface area contributed by atoms with Gasteiger partial charge >= 0.3 is 0 Å². The lowest BCUT2D eigenvalue weighted by Gasteiger charge is -2.23. The summed E-state index contributed by atoms with van der Waals surface area (Å²) in [6.07, 6.45) is 6.55. The van der Waals surface area contributed by atoms with Gasteiger partial charge in [0.25, 0.3) is 0 Å². The maximum atomic E-state index is 4.48. The molecule has 1 unspecified atom stereocenters. The van der Waals surface area contributed by atoms with Crippen molar-refractivity contribution >= 4 is 11.3 Å². The van der Waals surface area contributed by atoms with Crippen molar-refractivity contribution in [2.45, 2.75) is 31.8 Å². The van der Waals surface area contributed by atoms with Gasteiger partial charge in [-0.25, -0.2) is 4.98 Å². The van der Waals surface area contributed by atoms with E-state index in [1.807, 2.05) is 6.20 Å². The Hall–Kier alpha value is -1.13. The van der Waals surface area contributed by atoms with Gasteiger partial charge in [0.1, 0.15) is 5.82 Å². The van der Waals surface area contributed by atoms with E-state index in [1.165, 1.54) is 24.2 Å². The molecule has 0 radical (unpaired) electrons. The Balaban J connectivity index is 1.57. The first-order valence-corrected chi connectivity index (χ1v) is 7.10. The fraction of sp³-hybridized carbons (Fsp3) is 0.462. The molecule has 3 heterocycles. The van der Waals surface area contributed by atoms with Gasteiger partial charge in [0.15, 0.2) is 0 Å². The van der Waals surface area contributed by atoms with E-state index < -0.39 is 0 Å². The topological polar surface area (TPSA) is 29.9 Å². The SMILES string of the molecule is c1cn2c(n1)C(CNCc1ccsc1)CCC2. The maximum Gasteiger partial charge on any atom is 0.113 e. The van der Waals surface area contributed by atoms with E-state index in [-0.39, 0.29) is 0 Å².